The highest BCUT2D eigenvalue weighted by molar-refractivity contribution is 7.96. The van der Waals surface area contributed by atoms with Crippen LogP contribution in [0.25, 0.3) is 0 Å². The van der Waals surface area contributed by atoms with Crippen LogP contribution in [0.4, 0.5) is 0 Å². The van der Waals surface area contributed by atoms with Gasteiger partial charge in [-0.15, -0.1) is 0 Å². The zero-order valence-electron chi connectivity index (χ0n) is 10.3. The van der Waals surface area contributed by atoms with E-state index in [-0.39, 0.29) is 0 Å². The molecule has 4 heteroatoms. The van der Waals surface area contributed by atoms with Gasteiger partial charge < -0.3 is 0 Å². The van der Waals surface area contributed by atoms with Gasteiger partial charge in [-0.25, -0.2) is 4.31 Å². The summed E-state index contributed by atoms with van der Waals surface area (Å²) >= 11 is 1.76. The first-order valence-electron chi connectivity index (χ1n) is 5.68. The maximum absolute atomic E-state index is 4.31. The molecule has 1 aromatic heterocycles. The van der Waals surface area contributed by atoms with Crippen molar-refractivity contribution < 1.29 is 4.58 Å². The van der Waals surface area contributed by atoms with Crippen molar-refractivity contribution in [1.29, 1.82) is 0 Å². The lowest BCUT2D eigenvalue weighted by Crippen LogP contribution is -2.10. The third-order valence-electron chi connectivity index (χ3n) is 2.23. The molecule has 0 atom stereocenters. The number of hydrogen-bond acceptors (Lipinski definition) is 3. The smallest absolute Gasteiger partial charge is 0.246 e. The van der Waals surface area contributed by atoms with E-state index >= 15 is 0 Å². The minimum absolute atomic E-state index is 0.915. The van der Waals surface area contributed by atoms with Gasteiger partial charge in [0.25, 0.3) is 0 Å². The van der Waals surface area contributed by atoms with Gasteiger partial charge in [-0.3, -0.25) is 9.56 Å². The maximum atomic E-state index is 4.31. The third kappa shape index (κ3) is 3.85. The van der Waals surface area contributed by atoms with Gasteiger partial charge in [0.1, 0.15) is 19.6 Å². The molecule has 0 radical (unpaired) electrons. The first kappa shape index (κ1) is 13.0. The normalized spacial score (nSPS) is 14.2. The lowest BCUT2D eigenvalue weighted by atomic mass is 10.3. The molecule has 0 N–H and O–H groups in total. The van der Waals surface area contributed by atoms with Crippen LogP contribution in [0, 0.1) is 0 Å². The number of aromatic nitrogens is 1. The van der Waals surface area contributed by atoms with Crippen LogP contribution in [-0.4, -0.2) is 39.5 Å². The summed E-state index contributed by atoms with van der Waals surface area (Å²) in [4.78, 5) is 4.31. The van der Waals surface area contributed by atoms with E-state index in [1.807, 2.05) is 32.2 Å². The van der Waals surface area contributed by atoms with Crippen molar-refractivity contribution in [1.82, 2.24) is 9.29 Å². The van der Waals surface area contributed by atoms with Crippen LogP contribution in [0.1, 0.15) is 19.5 Å². The summed E-state index contributed by atoms with van der Waals surface area (Å²) in [6, 6.07) is 6.05. The molecule has 0 saturated heterocycles. The summed E-state index contributed by atoms with van der Waals surface area (Å²) in [5.41, 5.74) is 1.13. The van der Waals surface area contributed by atoms with E-state index in [0.717, 1.165) is 25.3 Å². The van der Waals surface area contributed by atoms with Gasteiger partial charge >= 0.3 is 0 Å². The zero-order chi connectivity index (χ0) is 11.8. The second kappa shape index (κ2) is 7.28. The van der Waals surface area contributed by atoms with E-state index in [0.29, 0.717) is 0 Å². The van der Waals surface area contributed by atoms with Crippen LogP contribution in [0.3, 0.4) is 0 Å². The number of nitrogens with zero attached hydrogens (tertiary/aromatic N) is 3. The molecule has 0 saturated carbocycles. The second-order valence-corrected chi connectivity index (χ2v) is 4.06. The summed E-state index contributed by atoms with van der Waals surface area (Å²) in [5, 5.41) is 0. The lowest BCUT2D eigenvalue weighted by molar-refractivity contribution is -0.530. The van der Waals surface area contributed by atoms with E-state index in [4.69, 9.17) is 0 Å². The molecule has 3 nitrogen and oxygen atoms in total. The zero-order valence-corrected chi connectivity index (χ0v) is 11.1. The Bertz CT molecular complexity index is 324. The van der Waals surface area contributed by atoms with Crippen molar-refractivity contribution >= 4 is 18.3 Å². The maximum Gasteiger partial charge on any atom is 0.246 e. The standard InChI is InChI=1S/C10H14N3S.C2H6/c1-14-13-7-6-12(9-13)8-10-4-2-3-5-11-10;1-2/h2-5,9H,6-8H2,1H3;1-2H3/q+1;. The highest BCUT2D eigenvalue weighted by Gasteiger charge is 2.18. The minimum atomic E-state index is 0.915. The van der Waals surface area contributed by atoms with E-state index in [2.05, 4.69) is 32.5 Å². The molecule has 0 fully saturated rings. The Morgan fingerprint density at radius 3 is 2.81 bits per heavy atom. The molecule has 0 amide bonds. The summed E-state index contributed by atoms with van der Waals surface area (Å²) in [6.07, 6.45) is 6.11. The average Bonchev–Trinajstić information content (AvgIpc) is 2.81. The molecule has 16 heavy (non-hydrogen) atoms. The molecule has 2 rings (SSSR count). The molecular formula is C12H20N3S+. The van der Waals surface area contributed by atoms with Gasteiger partial charge in [0.2, 0.25) is 6.34 Å². The predicted octanol–water partition coefficient (Wildman–Crippen LogP) is 2.24. The monoisotopic (exact) mass is 238 g/mol. The Balaban J connectivity index is 0.000000606. The largest absolute Gasteiger partial charge is 0.258 e. The number of rotatable bonds is 3. The topological polar surface area (TPSA) is 19.1 Å². The SMILES string of the molecule is CC.CSN1C=[N+](Cc2ccccn2)CC1. The fourth-order valence-corrected chi connectivity index (χ4v) is 1.97. The Morgan fingerprint density at radius 2 is 2.25 bits per heavy atom. The Labute approximate surface area is 102 Å². The molecule has 1 aliphatic rings. The van der Waals surface area contributed by atoms with Crippen LogP contribution in [-0.2, 0) is 6.54 Å². The summed E-state index contributed by atoms with van der Waals surface area (Å²) in [6.45, 7) is 7.11. The molecule has 1 aliphatic heterocycles. The first-order chi connectivity index (χ1) is 7.88. The summed E-state index contributed by atoms with van der Waals surface area (Å²) < 4.78 is 4.53. The molecule has 88 valence electrons. The minimum Gasteiger partial charge on any atom is -0.258 e. The van der Waals surface area contributed by atoms with Crippen molar-refractivity contribution in [3.05, 3.63) is 30.1 Å². The Hall–Kier alpha value is -1.03. The molecule has 0 spiro atoms. The van der Waals surface area contributed by atoms with Gasteiger partial charge in [-0.05, 0) is 12.1 Å². The molecule has 1 aromatic rings. The van der Waals surface area contributed by atoms with Crippen LogP contribution in [0.2, 0.25) is 0 Å². The first-order valence-corrected chi connectivity index (χ1v) is 6.86. The van der Waals surface area contributed by atoms with E-state index in [9.17, 15) is 0 Å². The van der Waals surface area contributed by atoms with Crippen molar-refractivity contribution in [3.63, 3.8) is 0 Å². The highest BCUT2D eigenvalue weighted by atomic mass is 32.2. The Kier molecular flexibility index (Phi) is 5.93. The van der Waals surface area contributed by atoms with Crippen LogP contribution in [0.5, 0.6) is 0 Å². The summed E-state index contributed by atoms with van der Waals surface area (Å²) in [5.74, 6) is 0. The van der Waals surface area contributed by atoms with Gasteiger partial charge in [-0.2, -0.15) is 0 Å². The van der Waals surface area contributed by atoms with E-state index in [1.165, 1.54) is 0 Å². The Morgan fingerprint density at radius 1 is 1.44 bits per heavy atom. The van der Waals surface area contributed by atoms with Gasteiger partial charge in [-0.1, -0.05) is 19.9 Å². The third-order valence-corrected chi connectivity index (χ3v) is 2.97. The molecule has 2 heterocycles. The summed E-state index contributed by atoms with van der Waals surface area (Å²) in [7, 11) is 0. The van der Waals surface area contributed by atoms with Crippen LogP contribution in [0.15, 0.2) is 24.4 Å². The molecule has 0 aromatic carbocycles. The lowest BCUT2D eigenvalue weighted by Gasteiger charge is -1.98. The van der Waals surface area contributed by atoms with Crippen LogP contribution >= 0.6 is 11.9 Å². The van der Waals surface area contributed by atoms with Crippen LogP contribution < -0.4 is 0 Å². The second-order valence-electron chi connectivity index (χ2n) is 3.23. The molecule has 0 bridgehead atoms. The molecule has 0 unspecified atom stereocenters. The fourth-order valence-electron chi connectivity index (χ4n) is 1.48. The van der Waals surface area contributed by atoms with Gasteiger partial charge in [0, 0.05) is 12.5 Å². The van der Waals surface area contributed by atoms with Crippen molar-refractivity contribution in [2.45, 2.75) is 20.4 Å². The van der Waals surface area contributed by atoms with E-state index < -0.39 is 0 Å². The van der Waals surface area contributed by atoms with E-state index in [1.54, 1.807) is 11.9 Å². The molecule has 0 aliphatic carbocycles. The predicted molar refractivity (Wildman–Crippen MR) is 70.7 cm³/mol. The number of hydrogen-bond donors (Lipinski definition) is 0. The number of pyridine rings is 1. The van der Waals surface area contributed by atoms with Crippen molar-refractivity contribution in [3.8, 4) is 0 Å². The highest BCUT2D eigenvalue weighted by Crippen LogP contribution is 2.07. The van der Waals surface area contributed by atoms with Gasteiger partial charge in [0.05, 0.1) is 17.6 Å². The fraction of sp³-hybridized carbons (Fsp3) is 0.500. The van der Waals surface area contributed by atoms with Gasteiger partial charge in [0.15, 0.2) is 0 Å². The van der Waals surface area contributed by atoms with Crippen molar-refractivity contribution in [2.24, 2.45) is 0 Å². The quantitative estimate of drug-likeness (QED) is 0.594. The van der Waals surface area contributed by atoms with Crippen molar-refractivity contribution in [2.75, 3.05) is 19.3 Å². The molecular weight excluding hydrogens is 218 g/mol. The average molecular weight is 238 g/mol.